The molecule has 1 amide bonds. The number of hydrogen-bond acceptors (Lipinski definition) is 5. The molecule has 1 atom stereocenters. The van der Waals surface area contributed by atoms with Crippen molar-refractivity contribution in [1.29, 1.82) is 0 Å². The minimum absolute atomic E-state index is 0.170. The fourth-order valence-electron chi connectivity index (χ4n) is 4.21. The number of nitrogens with one attached hydrogen (secondary N) is 1. The zero-order chi connectivity index (χ0) is 21.1. The summed E-state index contributed by atoms with van der Waals surface area (Å²) in [6.07, 6.45) is 3.48. The van der Waals surface area contributed by atoms with E-state index in [0.717, 1.165) is 19.4 Å². The van der Waals surface area contributed by atoms with E-state index in [-0.39, 0.29) is 30.7 Å². The van der Waals surface area contributed by atoms with E-state index in [1.54, 1.807) is 14.0 Å². The van der Waals surface area contributed by atoms with Gasteiger partial charge in [-0.15, -0.1) is 0 Å². The molecule has 1 aliphatic rings. The van der Waals surface area contributed by atoms with Gasteiger partial charge in [0.2, 0.25) is 5.91 Å². The third-order valence-electron chi connectivity index (χ3n) is 5.58. The monoisotopic (exact) mass is 406 g/mol. The molecule has 0 saturated carbocycles. The van der Waals surface area contributed by atoms with Gasteiger partial charge in [0, 0.05) is 13.1 Å². The molecule has 4 rings (SSSR count). The fourth-order valence-corrected chi connectivity index (χ4v) is 4.21. The fraction of sp³-hybridized carbons (Fsp3) is 0.348. The Morgan fingerprint density at radius 1 is 1.20 bits per heavy atom. The molecule has 7 nitrogen and oxygen atoms in total. The number of aryl methyl sites for hydroxylation is 1. The molecule has 0 radical (unpaired) electrons. The molecule has 3 aromatic rings. The molecule has 7 heteroatoms. The van der Waals surface area contributed by atoms with Crippen LogP contribution in [0.3, 0.4) is 0 Å². The molecule has 156 valence electrons. The highest BCUT2D eigenvalue weighted by Gasteiger charge is 2.29. The zero-order valence-electron chi connectivity index (χ0n) is 17.3. The summed E-state index contributed by atoms with van der Waals surface area (Å²) in [5, 5.41) is 9.38. The smallest absolute Gasteiger partial charge is 0.343 e. The van der Waals surface area contributed by atoms with Crippen molar-refractivity contribution >= 4 is 28.5 Å². The number of rotatable bonds is 6. The van der Waals surface area contributed by atoms with E-state index >= 15 is 0 Å². The van der Waals surface area contributed by atoms with Crippen LogP contribution in [0.25, 0.3) is 10.8 Å². The maximum absolute atomic E-state index is 12.8. The summed E-state index contributed by atoms with van der Waals surface area (Å²) in [5.41, 5.74) is 1.52. The third kappa shape index (κ3) is 3.93. The van der Waals surface area contributed by atoms with Crippen LogP contribution in [0.1, 0.15) is 41.7 Å². The molecule has 1 saturated heterocycles. The van der Waals surface area contributed by atoms with Crippen LogP contribution in [0.2, 0.25) is 0 Å². The van der Waals surface area contributed by atoms with Crippen LogP contribution >= 0.6 is 0 Å². The number of anilines is 1. The topological polar surface area (TPSA) is 76.5 Å². The first-order valence-corrected chi connectivity index (χ1v) is 10.3. The molecule has 0 bridgehead atoms. The third-order valence-corrected chi connectivity index (χ3v) is 5.58. The summed E-state index contributed by atoms with van der Waals surface area (Å²) in [7, 11) is 1.69. The predicted octanol–water partition coefficient (Wildman–Crippen LogP) is 3.53. The molecule has 1 aromatic heterocycles. The van der Waals surface area contributed by atoms with Gasteiger partial charge in [0.25, 0.3) is 0 Å². The Hall–Kier alpha value is -3.19. The number of benzene rings is 2. The van der Waals surface area contributed by atoms with E-state index in [9.17, 15) is 9.59 Å². The average Bonchev–Trinajstić information content (AvgIpc) is 3.34. The van der Waals surface area contributed by atoms with E-state index in [1.807, 2.05) is 6.07 Å². The van der Waals surface area contributed by atoms with Crippen LogP contribution in [-0.4, -0.2) is 46.3 Å². The molecular formula is C23H26N4O3. The SMILES string of the molecule is CCOC(=O)c1cnn(C)c1NC(=O)CN1CCCC1c1cccc2ccccc12. The number of aromatic nitrogens is 2. The Labute approximate surface area is 175 Å². The number of ether oxygens (including phenoxy) is 1. The average molecular weight is 406 g/mol. The van der Waals surface area contributed by atoms with Gasteiger partial charge in [0.15, 0.2) is 0 Å². The van der Waals surface area contributed by atoms with Gasteiger partial charge in [0.05, 0.1) is 19.3 Å². The lowest BCUT2D eigenvalue weighted by molar-refractivity contribution is -0.117. The highest BCUT2D eigenvalue weighted by atomic mass is 16.5. The maximum Gasteiger partial charge on any atom is 0.343 e. The van der Waals surface area contributed by atoms with Crippen molar-refractivity contribution in [3.63, 3.8) is 0 Å². The summed E-state index contributed by atoms with van der Waals surface area (Å²) in [6.45, 7) is 3.12. The van der Waals surface area contributed by atoms with Crippen molar-refractivity contribution in [3.05, 3.63) is 59.8 Å². The van der Waals surface area contributed by atoms with Crippen LogP contribution in [0.4, 0.5) is 5.82 Å². The Morgan fingerprint density at radius 3 is 2.83 bits per heavy atom. The van der Waals surface area contributed by atoms with E-state index in [1.165, 1.54) is 27.2 Å². The number of carbonyl (C=O) groups is 2. The van der Waals surface area contributed by atoms with Gasteiger partial charge in [-0.2, -0.15) is 5.10 Å². The normalized spacial score (nSPS) is 16.7. The number of nitrogens with zero attached hydrogens (tertiary/aromatic N) is 3. The lowest BCUT2D eigenvalue weighted by atomic mass is 9.97. The quantitative estimate of drug-likeness (QED) is 0.634. The molecule has 1 fully saturated rings. The number of amides is 1. The summed E-state index contributed by atoms with van der Waals surface area (Å²) >= 11 is 0. The molecule has 1 N–H and O–H groups in total. The Kier molecular flexibility index (Phi) is 5.81. The second-order valence-corrected chi connectivity index (χ2v) is 7.50. The van der Waals surface area contributed by atoms with Crippen molar-refractivity contribution in [3.8, 4) is 0 Å². The Bertz CT molecular complexity index is 1070. The largest absolute Gasteiger partial charge is 0.462 e. The first-order chi connectivity index (χ1) is 14.6. The van der Waals surface area contributed by atoms with Gasteiger partial charge < -0.3 is 10.1 Å². The first kappa shape index (κ1) is 20.1. The first-order valence-electron chi connectivity index (χ1n) is 10.3. The predicted molar refractivity (Wildman–Crippen MR) is 115 cm³/mol. The molecular weight excluding hydrogens is 380 g/mol. The van der Waals surface area contributed by atoms with Gasteiger partial charge in [-0.25, -0.2) is 4.79 Å². The molecule has 2 aromatic carbocycles. The summed E-state index contributed by atoms with van der Waals surface area (Å²) < 4.78 is 6.54. The standard InChI is InChI=1S/C23H26N4O3/c1-3-30-23(29)19-14-24-26(2)22(19)25-21(28)15-27-13-7-12-20(27)18-11-6-9-16-8-4-5-10-17(16)18/h4-6,8-11,14,20H,3,7,12-13,15H2,1-2H3,(H,25,28). The summed E-state index contributed by atoms with van der Waals surface area (Å²) in [4.78, 5) is 27.2. The zero-order valence-corrected chi connectivity index (χ0v) is 17.3. The van der Waals surface area contributed by atoms with Gasteiger partial charge in [0.1, 0.15) is 11.4 Å². The van der Waals surface area contributed by atoms with Gasteiger partial charge >= 0.3 is 5.97 Å². The molecule has 1 unspecified atom stereocenters. The van der Waals surface area contributed by atoms with Crippen LogP contribution in [0, 0.1) is 0 Å². The van der Waals surface area contributed by atoms with Gasteiger partial charge in [-0.3, -0.25) is 14.4 Å². The Balaban J connectivity index is 1.51. The van der Waals surface area contributed by atoms with Crippen molar-refractivity contribution in [2.45, 2.75) is 25.8 Å². The van der Waals surface area contributed by atoms with E-state index < -0.39 is 5.97 Å². The Morgan fingerprint density at radius 2 is 2.00 bits per heavy atom. The van der Waals surface area contributed by atoms with Crippen molar-refractivity contribution in [2.24, 2.45) is 7.05 Å². The van der Waals surface area contributed by atoms with E-state index in [4.69, 9.17) is 4.74 Å². The second kappa shape index (κ2) is 8.67. The molecule has 30 heavy (non-hydrogen) atoms. The van der Waals surface area contributed by atoms with Gasteiger partial charge in [-0.1, -0.05) is 42.5 Å². The van der Waals surface area contributed by atoms with Crippen molar-refractivity contribution < 1.29 is 14.3 Å². The lowest BCUT2D eigenvalue weighted by Gasteiger charge is -2.25. The number of carbonyl (C=O) groups excluding carboxylic acids is 2. The summed E-state index contributed by atoms with van der Waals surface area (Å²) in [5.74, 6) is -0.300. The minimum Gasteiger partial charge on any atom is -0.462 e. The summed E-state index contributed by atoms with van der Waals surface area (Å²) in [6, 6.07) is 14.9. The number of likely N-dealkylation sites (tertiary alicyclic amines) is 1. The van der Waals surface area contributed by atoms with Crippen LogP contribution in [0.15, 0.2) is 48.7 Å². The second-order valence-electron chi connectivity index (χ2n) is 7.50. The molecule has 0 aliphatic carbocycles. The number of fused-ring (bicyclic) bond motifs is 1. The lowest BCUT2D eigenvalue weighted by Crippen LogP contribution is -2.33. The van der Waals surface area contributed by atoms with E-state index in [0.29, 0.717) is 5.82 Å². The number of esters is 1. The number of hydrogen-bond donors (Lipinski definition) is 1. The van der Waals surface area contributed by atoms with Crippen molar-refractivity contribution in [1.82, 2.24) is 14.7 Å². The molecule has 2 heterocycles. The molecule has 1 aliphatic heterocycles. The highest BCUT2D eigenvalue weighted by Crippen LogP contribution is 2.35. The van der Waals surface area contributed by atoms with Gasteiger partial charge in [-0.05, 0) is 42.6 Å². The highest BCUT2D eigenvalue weighted by molar-refractivity contribution is 6.00. The van der Waals surface area contributed by atoms with Crippen LogP contribution in [-0.2, 0) is 16.6 Å². The van der Waals surface area contributed by atoms with E-state index in [2.05, 4.69) is 51.7 Å². The minimum atomic E-state index is -0.490. The van der Waals surface area contributed by atoms with Crippen LogP contribution < -0.4 is 5.32 Å². The van der Waals surface area contributed by atoms with Crippen molar-refractivity contribution in [2.75, 3.05) is 25.0 Å². The van der Waals surface area contributed by atoms with Crippen LogP contribution in [0.5, 0.6) is 0 Å². The molecule has 0 spiro atoms. The maximum atomic E-state index is 12.8.